The lowest BCUT2D eigenvalue weighted by atomic mass is 9.95. The van der Waals surface area contributed by atoms with Crippen LogP contribution in [0.3, 0.4) is 0 Å². The molecule has 14 heavy (non-hydrogen) atoms. The Hall–Kier alpha value is -1.61. The molecular weight excluding hydrogens is 188 g/mol. The van der Waals surface area contributed by atoms with Crippen LogP contribution in [0.25, 0.3) is 0 Å². The van der Waals surface area contributed by atoms with Crippen molar-refractivity contribution in [3.63, 3.8) is 0 Å². The van der Waals surface area contributed by atoms with Crippen LogP contribution in [-0.2, 0) is 19.1 Å². The molecule has 6 nitrogen and oxygen atoms in total. The van der Waals surface area contributed by atoms with Gasteiger partial charge in [0.25, 0.3) is 12.9 Å². The summed E-state index contributed by atoms with van der Waals surface area (Å²) in [7, 11) is 0. The van der Waals surface area contributed by atoms with Crippen molar-refractivity contribution < 1.29 is 19.1 Å². The van der Waals surface area contributed by atoms with E-state index < -0.39 is 5.54 Å². The summed E-state index contributed by atoms with van der Waals surface area (Å²) in [5.74, 6) is 0. The van der Waals surface area contributed by atoms with Crippen LogP contribution in [0.5, 0.6) is 0 Å². The quantitative estimate of drug-likeness (QED) is 0.412. The molecule has 0 aromatic rings. The molecule has 0 fully saturated rings. The molecule has 0 aromatic heterocycles. The van der Waals surface area contributed by atoms with Crippen LogP contribution in [0.1, 0.15) is 12.8 Å². The minimum Gasteiger partial charge on any atom is -0.468 e. The van der Waals surface area contributed by atoms with Gasteiger partial charge < -0.3 is 15.2 Å². The van der Waals surface area contributed by atoms with Crippen molar-refractivity contribution in [2.75, 3.05) is 13.2 Å². The molecule has 0 saturated carbocycles. The lowest BCUT2D eigenvalue weighted by molar-refractivity contribution is -0.129. The highest BCUT2D eigenvalue weighted by molar-refractivity contribution is 5.37. The van der Waals surface area contributed by atoms with Gasteiger partial charge in [0.2, 0.25) is 0 Å². The topological polar surface area (TPSA) is 102 Å². The summed E-state index contributed by atoms with van der Waals surface area (Å²) >= 11 is 0. The van der Waals surface area contributed by atoms with Crippen LogP contribution in [0.2, 0.25) is 0 Å². The van der Waals surface area contributed by atoms with Gasteiger partial charge in [-0.3, -0.25) is 9.59 Å². The van der Waals surface area contributed by atoms with Crippen molar-refractivity contribution in [3.05, 3.63) is 0 Å². The maximum atomic E-state index is 9.82. The number of hydrogen-bond donors (Lipinski definition) is 1. The monoisotopic (exact) mass is 200 g/mol. The molecule has 78 valence electrons. The molecule has 0 aliphatic heterocycles. The van der Waals surface area contributed by atoms with Crippen LogP contribution in [-0.4, -0.2) is 31.7 Å². The third-order valence-corrected chi connectivity index (χ3v) is 1.69. The van der Waals surface area contributed by atoms with Crippen molar-refractivity contribution in [2.45, 2.75) is 18.4 Å². The zero-order chi connectivity index (χ0) is 10.9. The molecule has 0 amide bonds. The number of hydrogen-bond acceptors (Lipinski definition) is 6. The van der Waals surface area contributed by atoms with E-state index in [9.17, 15) is 9.59 Å². The Labute approximate surface area is 81.6 Å². The molecule has 0 aromatic carbocycles. The fourth-order valence-electron chi connectivity index (χ4n) is 0.815. The van der Waals surface area contributed by atoms with Crippen LogP contribution < -0.4 is 5.73 Å². The zero-order valence-corrected chi connectivity index (χ0v) is 7.64. The van der Waals surface area contributed by atoms with Gasteiger partial charge in [0.05, 0.1) is 19.3 Å². The predicted molar refractivity (Wildman–Crippen MR) is 45.8 cm³/mol. The first-order valence-corrected chi connectivity index (χ1v) is 3.99. The molecule has 0 rings (SSSR count). The smallest absolute Gasteiger partial charge is 0.293 e. The van der Waals surface area contributed by atoms with E-state index in [2.05, 4.69) is 9.47 Å². The fraction of sp³-hybridized carbons (Fsp3) is 0.625. The van der Waals surface area contributed by atoms with Crippen LogP contribution in [0.15, 0.2) is 0 Å². The summed E-state index contributed by atoms with van der Waals surface area (Å²) < 4.78 is 8.83. The fourth-order valence-corrected chi connectivity index (χ4v) is 0.815. The van der Waals surface area contributed by atoms with Gasteiger partial charge in [0.1, 0.15) is 5.54 Å². The van der Waals surface area contributed by atoms with E-state index in [1.54, 1.807) is 0 Å². The van der Waals surface area contributed by atoms with Gasteiger partial charge in [-0.05, 0) is 0 Å². The minimum atomic E-state index is -1.12. The van der Waals surface area contributed by atoms with E-state index in [0.717, 1.165) is 0 Å². The van der Waals surface area contributed by atoms with E-state index in [4.69, 9.17) is 11.0 Å². The first-order chi connectivity index (χ1) is 6.68. The van der Waals surface area contributed by atoms with Gasteiger partial charge in [-0.25, -0.2) is 0 Å². The number of carbonyl (C=O) groups is 2. The van der Waals surface area contributed by atoms with E-state index in [0.29, 0.717) is 12.9 Å². The average Bonchev–Trinajstić information content (AvgIpc) is 2.19. The molecule has 0 aliphatic rings. The van der Waals surface area contributed by atoms with Crippen molar-refractivity contribution >= 4 is 12.9 Å². The number of nitriles is 1. The Balaban J connectivity index is 3.86. The molecule has 0 unspecified atom stereocenters. The van der Waals surface area contributed by atoms with Gasteiger partial charge in [-0.15, -0.1) is 0 Å². The largest absolute Gasteiger partial charge is 0.468 e. The summed E-state index contributed by atoms with van der Waals surface area (Å²) in [6.07, 6.45) is 0.426. The molecule has 0 saturated heterocycles. The van der Waals surface area contributed by atoms with Gasteiger partial charge in [0.15, 0.2) is 0 Å². The number of nitrogens with two attached hydrogens (primary N) is 1. The number of rotatable bonds is 8. The molecule has 0 heterocycles. The summed E-state index contributed by atoms with van der Waals surface area (Å²) in [4.78, 5) is 19.6. The van der Waals surface area contributed by atoms with Crippen molar-refractivity contribution in [1.29, 1.82) is 5.26 Å². The lowest BCUT2D eigenvalue weighted by Crippen LogP contribution is -2.40. The number of ether oxygens (including phenoxy) is 2. The van der Waals surface area contributed by atoms with Crippen molar-refractivity contribution in [1.82, 2.24) is 0 Å². The maximum Gasteiger partial charge on any atom is 0.293 e. The molecule has 2 N–H and O–H groups in total. The third-order valence-electron chi connectivity index (χ3n) is 1.69. The maximum absolute atomic E-state index is 9.82. The second kappa shape index (κ2) is 6.86. The third kappa shape index (κ3) is 5.11. The first kappa shape index (κ1) is 12.4. The Morgan fingerprint density at radius 2 is 1.64 bits per heavy atom. The van der Waals surface area contributed by atoms with Crippen molar-refractivity contribution in [2.24, 2.45) is 5.73 Å². The standard InChI is InChI=1S/C8H12N2O4/c9-5-8(10,1-3-13-6-11)2-4-14-7-12/h6-7H,1-4,10H2. The highest BCUT2D eigenvalue weighted by Gasteiger charge is 2.24. The second-order valence-electron chi connectivity index (χ2n) is 2.70. The average molecular weight is 200 g/mol. The van der Waals surface area contributed by atoms with Crippen molar-refractivity contribution in [3.8, 4) is 6.07 Å². The van der Waals surface area contributed by atoms with Crippen LogP contribution >= 0.6 is 0 Å². The number of carbonyl (C=O) groups excluding carboxylic acids is 2. The molecule has 0 radical (unpaired) electrons. The Morgan fingerprint density at radius 3 is 1.93 bits per heavy atom. The van der Waals surface area contributed by atoms with E-state index in [1.807, 2.05) is 6.07 Å². The van der Waals surface area contributed by atoms with Gasteiger partial charge in [-0.2, -0.15) is 5.26 Å². The van der Waals surface area contributed by atoms with Crippen LogP contribution in [0, 0.1) is 11.3 Å². The Morgan fingerprint density at radius 1 is 1.21 bits per heavy atom. The molecule has 0 bridgehead atoms. The molecule has 0 aliphatic carbocycles. The van der Waals surface area contributed by atoms with Gasteiger partial charge >= 0.3 is 0 Å². The second-order valence-corrected chi connectivity index (χ2v) is 2.70. The zero-order valence-electron chi connectivity index (χ0n) is 7.64. The first-order valence-electron chi connectivity index (χ1n) is 3.99. The van der Waals surface area contributed by atoms with Gasteiger partial charge in [-0.1, -0.05) is 0 Å². The Bertz CT molecular complexity index is 210. The predicted octanol–water partition coefficient (Wildman–Crippen LogP) is -0.666. The van der Waals surface area contributed by atoms with E-state index in [1.165, 1.54) is 0 Å². The van der Waals surface area contributed by atoms with E-state index in [-0.39, 0.29) is 26.1 Å². The van der Waals surface area contributed by atoms with Crippen LogP contribution in [0.4, 0.5) is 0 Å². The van der Waals surface area contributed by atoms with E-state index >= 15 is 0 Å². The highest BCUT2D eigenvalue weighted by Crippen LogP contribution is 2.10. The molecule has 0 spiro atoms. The molecule has 6 heteroatoms. The minimum absolute atomic E-state index is 0.0780. The number of nitrogens with zero attached hydrogens (tertiary/aromatic N) is 1. The lowest BCUT2D eigenvalue weighted by Gasteiger charge is -2.19. The summed E-state index contributed by atoms with van der Waals surface area (Å²) in [6, 6.07) is 1.88. The summed E-state index contributed by atoms with van der Waals surface area (Å²) in [6.45, 7) is 0.739. The Kier molecular flexibility index (Phi) is 6.07. The molecular formula is C8H12N2O4. The normalized spacial score (nSPS) is 10.0. The van der Waals surface area contributed by atoms with Gasteiger partial charge in [0, 0.05) is 12.8 Å². The summed E-state index contributed by atoms with van der Waals surface area (Å²) in [5, 5.41) is 8.72. The summed E-state index contributed by atoms with van der Waals surface area (Å²) in [5.41, 5.74) is 4.51. The SMILES string of the molecule is N#CC(N)(CCOC=O)CCOC=O. The molecule has 0 atom stereocenters. The highest BCUT2D eigenvalue weighted by atomic mass is 16.5.